The molecule has 1 atom stereocenters. The van der Waals surface area contributed by atoms with Gasteiger partial charge in [-0.2, -0.15) is 0 Å². The first kappa shape index (κ1) is 16.2. The van der Waals surface area contributed by atoms with E-state index in [0.717, 1.165) is 15.6 Å². The molecule has 114 valence electrons. The van der Waals surface area contributed by atoms with Crippen LogP contribution in [0.5, 0.6) is 0 Å². The first-order valence-corrected chi connectivity index (χ1v) is 7.71. The van der Waals surface area contributed by atoms with Gasteiger partial charge in [0.2, 0.25) is 11.8 Å². The van der Waals surface area contributed by atoms with Crippen molar-refractivity contribution >= 4 is 27.7 Å². The highest BCUT2D eigenvalue weighted by Gasteiger charge is 2.19. The maximum Gasteiger partial charge on any atom is 0.240 e. The van der Waals surface area contributed by atoms with Crippen LogP contribution in [0.15, 0.2) is 59.1 Å². The van der Waals surface area contributed by atoms with Gasteiger partial charge in [0.25, 0.3) is 0 Å². The van der Waals surface area contributed by atoms with E-state index in [9.17, 15) is 9.59 Å². The van der Waals surface area contributed by atoms with Crippen molar-refractivity contribution in [2.24, 2.45) is 5.73 Å². The summed E-state index contributed by atoms with van der Waals surface area (Å²) in [5, 5.41) is 2.71. The fourth-order valence-corrected chi connectivity index (χ4v) is 2.58. The molecule has 3 N–H and O–H groups in total. The molecule has 2 rings (SSSR count). The molecule has 2 aromatic rings. The highest BCUT2D eigenvalue weighted by atomic mass is 79.9. The molecule has 0 radical (unpaired) electrons. The van der Waals surface area contributed by atoms with Crippen LogP contribution >= 0.6 is 15.9 Å². The highest BCUT2D eigenvalue weighted by Crippen LogP contribution is 2.17. The van der Waals surface area contributed by atoms with Crippen LogP contribution in [-0.4, -0.2) is 17.9 Å². The van der Waals surface area contributed by atoms with Crippen molar-refractivity contribution in [3.05, 3.63) is 70.2 Å². The first-order chi connectivity index (χ1) is 10.6. The molecular weight excluding hydrogens is 344 g/mol. The number of carbonyl (C=O) groups is 2. The van der Waals surface area contributed by atoms with Crippen LogP contribution in [0.3, 0.4) is 0 Å². The van der Waals surface area contributed by atoms with Gasteiger partial charge in [-0.15, -0.1) is 0 Å². The summed E-state index contributed by atoms with van der Waals surface area (Å²) in [5.41, 5.74) is 7.22. The van der Waals surface area contributed by atoms with E-state index < -0.39 is 11.9 Å². The largest absolute Gasteiger partial charge is 0.368 e. The van der Waals surface area contributed by atoms with Gasteiger partial charge in [0, 0.05) is 10.9 Å². The van der Waals surface area contributed by atoms with Gasteiger partial charge in [-0.05, 0) is 17.2 Å². The molecule has 0 bridgehead atoms. The first-order valence-electron chi connectivity index (χ1n) is 6.92. The van der Waals surface area contributed by atoms with E-state index >= 15 is 0 Å². The van der Waals surface area contributed by atoms with Crippen LogP contribution in [0.25, 0.3) is 0 Å². The topological polar surface area (TPSA) is 72.2 Å². The number of carbonyl (C=O) groups excluding carboxylic acids is 2. The van der Waals surface area contributed by atoms with Crippen LogP contribution in [-0.2, 0) is 22.4 Å². The number of primary amides is 1. The lowest BCUT2D eigenvalue weighted by molar-refractivity contribution is -0.127. The summed E-state index contributed by atoms with van der Waals surface area (Å²) in [6.07, 6.45) is 0.581. The Balaban J connectivity index is 2.01. The Labute approximate surface area is 137 Å². The van der Waals surface area contributed by atoms with E-state index in [4.69, 9.17) is 5.73 Å². The Bertz CT molecular complexity index is 659. The maximum atomic E-state index is 12.1. The van der Waals surface area contributed by atoms with Crippen LogP contribution in [0.4, 0.5) is 0 Å². The molecule has 0 fully saturated rings. The Hall–Kier alpha value is -2.14. The number of nitrogens with one attached hydrogen (secondary N) is 1. The Morgan fingerprint density at radius 2 is 1.68 bits per heavy atom. The van der Waals surface area contributed by atoms with Gasteiger partial charge < -0.3 is 11.1 Å². The molecule has 2 amide bonds. The van der Waals surface area contributed by atoms with Gasteiger partial charge in [-0.1, -0.05) is 64.5 Å². The third-order valence-corrected chi connectivity index (χ3v) is 4.04. The third-order valence-electron chi connectivity index (χ3n) is 3.27. The predicted octanol–water partition coefficient (Wildman–Crippen LogP) is 2.20. The van der Waals surface area contributed by atoms with Crippen molar-refractivity contribution in [2.75, 3.05) is 0 Å². The van der Waals surface area contributed by atoms with Crippen molar-refractivity contribution in [2.45, 2.75) is 18.9 Å². The van der Waals surface area contributed by atoms with E-state index in [1.54, 1.807) is 0 Å². The van der Waals surface area contributed by atoms with Crippen LogP contribution < -0.4 is 11.1 Å². The Kier molecular flexibility index (Phi) is 5.72. The average molecular weight is 361 g/mol. The third kappa shape index (κ3) is 4.70. The zero-order valence-corrected chi connectivity index (χ0v) is 13.5. The lowest BCUT2D eigenvalue weighted by Crippen LogP contribution is -2.46. The van der Waals surface area contributed by atoms with Crippen molar-refractivity contribution < 1.29 is 9.59 Å². The number of nitrogens with two attached hydrogens (primary N) is 1. The minimum Gasteiger partial charge on any atom is -0.368 e. The zero-order valence-electron chi connectivity index (χ0n) is 12.0. The molecular formula is C17H17BrN2O2. The van der Waals surface area contributed by atoms with Crippen molar-refractivity contribution in [1.29, 1.82) is 0 Å². The second kappa shape index (κ2) is 7.75. The summed E-state index contributed by atoms with van der Waals surface area (Å²) >= 11 is 3.43. The van der Waals surface area contributed by atoms with Crippen molar-refractivity contribution in [3.63, 3.8) is 0 Å². The number of halogens is 1. The summed E-state index contributed by atoms with van der Waals surface area (Å²) in [6.45, 7) is 0. The van der Waals surface area contributed by atoms with Gasteiger partial charge in [0.15, 0.2) is 0 Å². The lowest BCUT2D eigenvalue weighted by atomic mass is 10.0. The predicted molar refractivity (Wildman–Crippen MR) is 89.1 cm³/mol. The molecule has 0 aromatic heterocycles. The maximum absolute atomic E-state index is 12.1. The quantitative estimate of drug-likeness (QED) is 0.828. The van der Waals surface area contributed by atoms with Gasteiger partial charge >= 0.3 is 0 Å². The Morgan fingerprint density at radius 3 is 2.32 bits per heavy atom. The molecule has 0 saturated heterocycles. The van der Waals surface area contributed by atoms with Gasteiger partial charge in [-0.25, -0.2) is 0 Å². The van der Waals surface area contributed by atoms with E-state index in [0.29, 0.717) is 6.42 Å². The molecule has 0 spiro atoms. The zero-order chi connectivity index (χ0) is 15.9. The smallest absolute Gasteiger partial charge is 0.240 e. The number of benzene rings is 2. The van der Waals surface area contributed by atoms with Crippen LogP contribution in [0.1, 0.15) is 11.1 Å². The lowest BCUT2D eigenvalue weighted by Gasteiger charge is -2.16. The fraction of sp³-hybridized carbons (Fsp3) is 0.176. The molecule has 5 heteroatoms. The molecule has 22 heavy (non-hydrogen) atoms. The monoisotopic (exact) mass is 360 g/mol. The standard InChI is InChI=1S/C17H17BrN2O2/c18-14-9-5-4-8-13(14)11-15(17(19)22)20-16(21)10-12-6-2-1-3-7-12/h1-9,15H,10-11H2,(H2,19,22)(H,20,21)/t15-/m1/s1. The van der Waals surface area contributed by atoms with Crippen LogP contribution in [0.2, 0.25) is 0 Å². The number of rotatable bonds is 6. The van der Waals surface area contributed by atoms with Crippen molar-refractivity contribution in [1.82, 2.24) is 5.32 Å². The Morgan fingerprint density at radius 1 is 1.05 bits per heavy atom. The molecule has 0 aliphatic rings. The van der Waals surface area contributed by atoms with Crippen LogP contribution in [0, 0.1) is 0 Å². The van der Waals surface area contributed by atoms with E-state index in [1.807, 2.05) is 54.6 Å². The molecule has 2 aromatic carbocycles. The summed E-state index contributed by atoms with van der Waals surface area (Å²) < 4.78 is 0.888. The SMILES string of the molecule is NC(=O)[C@@H](Cc1ccccc1Br)NC(=O)Cc1ccccc1. The molecule has 0 unspecified atom stereocenters. The average Bonchev–Trinajstić information content (AvgIpc) is 2.49. The van der Waals surface area contributed by atoms with E-state index in [1.165, 1.54) is 0 Å². The molecule has 4 nitrogen and oxygen atoms in total. The highest BCUT2D eigenvalue weighted by molar-refractivity contribution is 9.10. The van der Waals surface area contributed by atoms with Gasteiger partial charge in [-0.3, -0.25) is 9.59 Å². The van der Waals surface area contributed by atoms with Gasteiger partial charge in [0.05, 0.1) is 6.42 Å². The van der Waals surface area contributed by atoms with E-state index in [-0.39, 0.29) is 12.3 Å². The normalized spacial score (nSPS) is 11.7. The van der Waals surface area contributed by atoms with Crippen molar-refractivity contribution in [3.8, 4) is 0 Å². The second-order valence-electron chi connectivity index (χ2n) is 4.98. The minimum atomic E-state index is -0.727. The summed E-state index contributed by atoms with van der Waals surface area (Å²) in [5.74, 6) is -0.765. The fourth-order valence-electron chi connectivity index (χ4n) is 2.13. The number of hydrogen-bond donors (Lipinski definition) is 2. The number of hydrogen-bond acceptors (Lipinski definition) is 2. The van der Waals surface area contributed by atoms with E-state index in [2.05, 4.69) is 21.2 Å². The second-order valence-corrected chi connectivity index (χ2v) is 5.83. The molecule has 0 saturated carbocycles. The molecule has 0 aliphatic carbocycles. The van der Waals surface area contributed by atoms with Gasteiger partial charge in [0.1, 0.15) is 6.04 Å². The minimum absolute atomic E-state index is 0.220. The molecule has 0 heterocycles. The summed E-state index contributed by atoms with van der Waals surface area (Å²) in [7, 11) is 0. The molecule has 0 aliphatic heterocycles. The summed E-state index contributed by atoms with van der Waals surface area (Å²) in [6, 6.07) is 16.2. The number of amides is 2. The summed E-state index contributed by atoms with van der Waals surface area (Å²) in [4.78, 5) is 23.7.